The Balaban J connectivity index is 2.19. The fourth-order valence-electron chi connectivity index (χ4n) is 2.37. The van der Waals surface area contributed by atoms with E-state index in [1.165, 1.54) is 0 Å². The first-order valence-corrected chi connectivity index (χ1v) is 7.92. The predicted molar refractivity (Wildman–Crippen MR) is 85.4 cm³/mol. The molecule has 1 heterocycles. The Kier molecular flexibility index (Phi) is 4.50. The van der Waals surface area contributed by atoms with Gasteiger partial charge in [0.05, 0.1) is 18.0 Å². The lowest BCUT2D eigenvalue weighted by atomic mass is 10.1. The van der Waals surface area contributed by atoms with Crippen molar-refractivity contribution < 1.29 is 4.74 Å². The molecule has 1 aliphatic heterocycles. The number of nitrogens with two attached hydrogens (primary N) is 1. The van der Waals surface area contributed by atoms with Crippen molar-refractivity contribution >= 4 is 23.1 Å². The fraction of sp³-hybridized carbons (Fsp3) is 0.600. The van der Waals surface area contributed by atoms with Crippen molar-refractivity contribution in [2.45, 2.75) is 31.9 Å². The Bertz CT molecular complexity index is 434. The van der Waals surface area contributed by atoms with Crippen molar-refractivity contribution in [2.75, 3.05) is 36.1 Å². The summed E-state index contributed by atoms with van der Waals surface area (Å²) in [4.78, 5) is 2.38. The molecule has 0 unspecified atom stereocenters. The van der Waals surface area contributed by atoms with Gasteiger partial charge >= 0.3 is 0 Å². The number of benzene rings is 1. The van der Waals surface area contributed by atoms with Crippen LogP contribution in [0.3, 0.4) is 0 Å². The van der Waals surface area contributed by atoms with Gasteiger partial charge in [0.25, 0.3) is 0 Å². The molecule has 3 nitrogen and oxygen atoms in total. The van der Waals surface area contributed by atoms with Crippen LogP contribution in [-0.4, -0.2) is 30.2 Å². The number of hydrogen-bond acceptors (Lipinski definition) is 4. The number of anilines is 2. The number of para-hydroxylation sites is 1. The molecule has 0 saturated carbocycles. The van der Waals surface area contributed by atoms with Crippen LogP contribution in [0.15, 0.2) is 18.2 Å². The Labute approximate surface area is 120 Å². The monoisotopic (exact) mass is 280 g/mol. The van der Waals surface area contributed by atoms with Crippen molar-refractivity contribution in [3.8, 4) is 5.75 Å². The van der Waals surface area contributed by atoms with Gasteiger partial charge in [0.15, 0.2) is 0 Å². The van der Waals surface area contributed by atoms with Crippen LogP contribution in [0.1, 0.15) is 27.2 Å². The van der Waals surface area contributed by atoms with Crippen LogP contribution in [0.4, 0.5) is 11.4 Å². The van der Waals surface area contributed by atoms with Gasteiger partial charge in [-0.2, -0.15) is 11.8 Å². The molecule has 2 rings (SSSR count). The van der Waals surface area contributed by atoms with Crippen molar-refractivity contribution in [2.24, 2.45) is 0 Å². The van der Waals surface area contributed by atoms with Gasteiger partial charge in [-0.15, -0.1) is 0 Å². The van der Waals surface area contributed by atoms with Crippen LogP contribution in [-0.2, 0) is 0 Å². The number of thioether (sulfide) groups is 1. The third-order valence-electron chi connectivity index (χ3n) is 3.27. The molecule has 0 aromatic heterocycles. The molecule has 0 aliphatic carbocycles. The smallest absolute Gasteiger partial charge is 0.144 e. The minimum absolute atomic E-state index is 0.283. The van der Waals surface area contributed by atoms with E-state index in [4.69, 9.17) is 10.5 Å². The highest BCUT2D eigenvalue weighted by atomic mass is 32.2. The summed E-state index contributed by atoms with van der Waals surface area (Å²) in [5, 5.41) is 0. The zero-order chi connectivity index (χ0) is 13.9. The van der Waals surface area contributed by atoms with Crippen LogP contribution in [0.5, 0.6) is 5.75 Å². The summed E-state index contributed by atoms with van der Waals surface area (Å²) in [6, 6.07) is 6.09. The average Bonchev–Trinajstić information content (AvgIpc) is 2.36. The van der Waals surface area contributed by atoms with Crippen LogP contribution in [0.2, 0.25) is 0 Å². The standard InChI is InChI=1S/C15H24N2OS/c1-4-9-18-13-7-5-6-12(14(13)16)17-8-10-19-15(2,3)11-17/h5-7H,4,8-11,16H2,1-3H3. The minimum atomic E-state index is 0.283. The van der Waals surface area contributed by atoms with Gasteiger partial charge < -0.3 is 15.4 Å². The third kappa shape index (κ3) is 3.50. The number of ether oxygens (including phenoxy) is 1. The molecule has 1 fully saturated rings. The van der Waals surface area contributed by atoms with E-state index in [9.17, 15) is 0 Å². The first-order chi connectivity index (χ1) is 9.03. The van der Waals surface area contributed by atoms with E-state index in [0.29, 0.717) is 0 Å². The molecule has 2 N–H and O–H groups in total. The number of nitrogen functional groups attached to an aromatic ring is 1. The van der Waals surface area contributed by atoms with E-state index < -0.39 is 0 Å². The fourth-order valence-corrected chi connectivity index (χ4v) is 3.48. The lowest BCUT2D eigenvalue weighted by molar-refractivity contribution is 0.319. The first-order valence-electron chi connectivity index (χ1n) is 6.94. The van der Waals surface area contributed by atoms with Crippen molar-refractivity contribution in [1.29, 1.82) is 0 Å². The summed E-state index contributed by atoms with van der Waals surface area (Å²) in [7, 11) is 0. The van der Waals surface area contributed by atoms with Gasteiger partial charge in [0, 0.05) is 23.6 Å². The molecule has 0 bridgehead atoms. The zero-order valence-corrected chi connectivity index (χ0v) is 12.9. The van der Waals surface area contributed by atoms with E-state index in [1.54, 1.807) is 0 Å². The normalized spacial score (nSPS) is 18.4. The second-order valence-corrected chi connectivity index (χ2v) is 7.37. The van der Waals surface area contributed by atoms with Gasteiger partial charge in [0.2, 0.25) is 0 Å². The molecular weight excluding hydrogens is 256 g/mol. The lowest BCUT2D eigenvalue weighted by Gasteiger charge is -2.39. The van der Waals surface area contributed by atoms with Crippen molar-refractivity contribution in [1.82, 2.24) is 0 Å². The van der Waals surface area contributed by atoms with Gasteiger partial charge in [-0.3, -0.25) is 0 Å². The average molecular weight is 280 g/mol. The highest BCUT2D eigenvalue weighted by molar-refractivity contribution is 8.00. The first kappa shape index (κ1) is 14.4. The molecule has 1 aromatic rings. The highest BCUT2D eigenvalue weighted by Gasteiger charge is 2.28. The molecule has 0 spiro atoms. The Morgan fingerprint density at radius 2 is 2.21 bits per heavy atom. The molecule has 1 aliphatic rings. The number of nitrogens with zero attached hydrogens (tertiary/aromatic N) is 1. The number of rotatable bonds is 4. The van der Waals surface area contributed by atoms with E-state index in [2.05, 4.69) is 31.7 Å². The minimum Gasteiger partial charge on any atom is -0.491 e. The van der Waals surface area contributed by atoms with E-state index in [0.717, 1.165) is 49.0 Å². The summed E-state index contributed by atoms with van der Waals surface area (Å²) in [5.41, 5.74) is 8.16. The van der Waals surface area contributed by atoms with Gasteiger partial charge in [-0.05, 0) is 32.4 Å². The second kappa shape index (κ2) is 5.95. The molecule has 0 atom stereocenters. The molecular formula is C15H24N2OS. The van der Waals surface area contributed by atoms with E-state index >= 15 is 0 Å². The maximum absolute atomic E-state index is 6.27. The lowest BCUT2D eigenvalue weighted by Crippen LogP contribution is -2.43. The maximum Gasteiger partial charge on any atom is 0.144 e. The summed E-state index contributed by atoms with van der Waals surface area (Å²) in [6.45, 7) is 9.48. The van der Waals surface area contributed by atoms with Crippen LogP contribution in [0.25, 0.3) is 0 Å². The van der Waals surface area contributed by atoms with Gasteiger partial charge in [-0.25, -0.2) is 0 Å². The largest absolute Gasteiger partial charge is 0.491 e. The van der Waals surface area contributed by atoms with Gasteiger partial charge in [-0.1, -0.05) is 13.0 Å². The van der Waals surface area contributed by atoms with Crippen molar-refractivity contribution in [3.05, 3.63) is 18.2 Å². The topological polar surface area (TPSA) is 38.5 Å². The highest BCUT2D eigenvalue weighted by Crippen LogP contribution is 2.37. The molecule has 4 heteroatoms. The zero-order valence-electron chi connectivity index (χ0n) is 12.1. The predicted octanol–water partition coefficient (Wildman–Crippen LogP) is 3.39. The third-order valence-corrected chi connectivity index (χ3v) is 4.57. The van der Waals surface area contributed by atoms with Crippen LogP contribution >= 0.6 is 11.8 Å². The summed E-state index contributed by atoms with van der Waals surface area (Å²) in [5.74, 6) is 1.96. The Hall–Kier alpha value is -1.03. The Morgan fingerprint density at radius 1 is 1.42 bits per heavy atom. The summed E-state index contributed by atoms with van der Waals surface area (Å²) in [6.07, 6.45) is 0.997. The van der Waals surface area contributed by atoms with Crippen molar-refractivity contribution in [3.63, 3.8) is 0 Å². The van der Waals surface area contributed by atoms with Crippen LogP contribution < -0.4 is 15.4 Å². The maximum atomic E-state index is 6.27. The summed E-state index contributed by atoms with van der Waals surface area (Å²) < 4.78 is 6.00. The molecule has 0 amide bonds. The quantitative estimate of drug-likeness (QED) is 0.858. The molecule has 1 aromatic carbocycles. The number of hydrogen-bond donors (Lipinski definition) is 1. The van der Waals surface area contributed by atoms with E-state index in [1.807, 2.05) is 23.9 Å². The summed E-state index contributed by atoms with van der Waals surface area (Å²) >= 11 is 2.03. The van der Waals surface area contributed by atoms with Crippen LogP contribution in [0, 0.1) is 0 Å². The van der Waals surface area contributed by atoms with E-state index in [-0.39, 0.29) is 4.75 Å². The Morgan fingerprint density at radius 3 is 2.89 bits per heavy atom. The SMILES string of the molecule is CCCOc1cccc(N2CCSC(C)(C)C2)c1N. The molecule has 19 heavy (non-hydrogen) atoms. The molecule has 106 valence electrons. The second-order valence-electron chi connectivity index (χ2n) is 5.57. The molecule has 0 radical (unpaired) electrons. The van der Waals surface area contributed by atoms with Gasteiger partial charge in [0.1, 0.15) is 5.75 Å². The molecule has 1 saturated heterocycles.